The standard InChI is InChI=1S/C19H26N4O2S/c1-4-11-23-18(16-9-6-8-15(3)13-16)21-22-19(23)26-14-17(24)20-10-7-12-25-5-2/h4,6,8-9,13H,1,5,7,10-12,14H2,2-3H3,(H,20,24). The molecule has 0 spiro atoms. The average Bonchev–Trinajstić information content (AvgIpc) is 3.03. The van der Waals surface area contributed by atoms with E-state index in [0.29, 0.717) is 37.2 Å². The Morgan fingerprint density at radius 1 is 1.42 bits per heavy atom. The number of aromatic nitrogens is 3. The molecule has 0 bridgehead atoms. The molecule has 0 radical (unpaired) electrons. The van der Waals surface area contributed by atoms with Gasteiger partial charge in [-0.3, -0.25) is 9.36 Å². The molecular weight excluding hydrogens is 348 g/mol. The Balaban J connectivity index is 1.97. The fourth-order valence-corrected chi connectivity index (χ4v) is 3.19. The van der Waals surface area contributed by atoms with E-state index in [0.717, 1.165) is 23.4 Å². The van der Waals surface area contributed by atoms with Gasteiger partial charge in [-0.05, 0) is 26.3 Å². The lowest BCUT2D eigenvalue weighted by Gasteiger charge is -2.08. The summed E-state index contributed by atoms with van der Waals surface area (Å²) in [6.07, 6.45) is 2.62. The first kappa shape index (κ1) is 20.2. The van der Waals surface area contributed by atoms with Crippen LogP contribution in [0.25, 0.3) is 11.4 Å². The van der Waals surface area contributed by atoms with Crippen LogP contribution in [0, 0.1) is 6.92 Å². The minimum atomic E-state index is -0.0169. The van der Waals surface area contributed by atoms with Crippen LogP contribution in [0.3, 0.4) is 0 Å². The number of amides is 1. The first-order valence-electron chi connectivity index (χ1n) is 8.74. The molecule has 6 nitrogen and oxygen atoms in total. The molecule has 1 heterocycles. The number of rotatable bonds is 11. The van der Waals surface area contributed by atoms with E-state index in [4.69, 9.17) is 4.74 Å². The van der Waals surface area contributed by atoms with Crippen molar-refractivity contribution in [2.45, 2.75) is 32.0 Å². The molecule has 1 aromatic carbocycles. The SMILES string of the molecule is C=CCn1c(SCC(=O)NCCCOCC)nnc1-c1cccc(C)c1. The minimum absolute atomic E-state index is 0.0169. The molecule has 0 aliphatic rings. The van der Waals surface area contributed by atoms with Gasteiger partial charge in [-0.1, -0.05) is 41.6 Å². The number of hydrogen-bond donors (Lipinski definition) is 1. The smallest absolute Gasteiger partial charge is 0.230 e. The maximum Gasteiger partial charge on any atom is 0.230 e. The molecule has 0 saturated carbocycles. The maximum atomic E-state index is 12.0. The summed E-state index contributed by atoms with van der Waals surface area (Å²) in [7, 11) is 0. The lowest BCUT2D eigenvalue weighted by atomic mass is 10.1. The fraction of sp³-hybridized carbons (Fsp3) is 0.421. The van der Waals surface area contributed by atoms with E-state index in [2.05, 4.69) is 28.2 Å². The van der Waals surface area contributed by atoms with Crippen LogP contribution in [0.1, 0.15) is 18.9 Å². The predicted octanol–water partition coefficient (Wildman–Crippen LogP) is 3.07. The van der Waals surface area contributed by atoms with Gasteiger partial charge in [-0.15, -0.1) is 16.8 Å². The molecule has 0 unspecified atom stereocenters. The monoisotopic (exact) mass is 374 g/mol. The molecule has 0 aliphatic heterocycles. The van der Waals surface area contributed by atoms with Gasteiger partial charge in [0, 0.05) is 31.9 Å². The fourth-order valence-electron chi connectivity index (χ4n) is 2.41. The number of benzene rings is 1. The number of nitrogens with one attached hydrogen (secondary N) is 1. The highest BCUT2D eigenvalue weighted by molar-refractivity contribution is 7.99. The Morgan fingerprint density at radius 2 is 2.27 bits per heavy atom. The van der Waals surface area contributed by atoms with E-state index < -0.39 is 0 Å². The van der Waals surface area contributed by atoms with Crippen molar-refractivity contribution in [2.75, 3.05) is 25.5 Å². The third kappa shape index (κ3) is 6.00. The third-order valence-corrected chi connectivity index (χ3v) is 4.60. The molecule has 0 saturated heterocycles. The van der Waals surface area contributed by atoms with E-state index in [9.17, 15) is 4.79 Å². The number of carbonyl (C=O) groups excluding carboxylic acids is 1. The summed E-state index contributed by atoms with van der Waals surface area (Å²) in [6, 6.07) is 8.13. The summed E-state index contributed by atoms with van der Waals surface area (Å²) in [5.41, 5.74) is 2.17. The highest BCUT2D eigenvalue weighted by Gasteiger charge is 2.14. The first-order chi connectivity index (χ1) is 12.7. The molecule has 1 amide bonds. The first-order valence-corrected chi connectivity index (χ1v) is 9.72. The van der Waals surface area contributed by atoms with Crippen molar-refractivity contribution in [1.82, 2.24) is 20.1 Å². The zero-order chi connectivity index (χ0) is 18.8. The topological polar surface area (TPSA) is 69.0 Å². The van der Waals surface area contributed by atoms with E-state index in [1.54, 1.807) is 6.08 Å². The van der Waals surface area contributed by atoms with Gasteiger partial charge < -0.3 is 10.1 Å². The molecule has 0 aliphatic carbocycles. The quantitative estimate of drug-likeness (QED) is 0.372. The molecule has 26 heavy (non-hydrogen) atoms. The van der Waals surface area contributed by atoms with E-state index in [1.165, 1.54) is 11.8 Å². The Bertz CT molecular complexity index is 730. The van der Waals surface area contributed by atoms with Gasteiger partial charge >= 0.3 is 0 Å². The van der Waals surface area contributed by atoms with Gasteiger partial charge in [-0.25, -0.2) is 0 Å². The van der Waals surface area contributed by atoms with Gasteiger partial charge in [0.25, 0.3) is 0 Å². The Kier molecular flexibility index (Phi) is 8.37. The molecule has 7 heteroatoms. The Morgan fingerprint density at radius 3 is 3.00 bits per heavy atom. The lowest BCUT2D eigenvalue weighted by molar-refractivity contribution is -0.118. The number of hydrogen-bond acceptors (Lipinski definition) is 5. The Labute approximate surface area is 159 Å². The largest absolute Gasteiger partial charge is 0.382 e. The van der Waals surface area contributed by atoms with E-state index >= 15 is 0 Å². The summed E-state index contributed by atoms with van der Waals surface area (Å²) in [6.45, 7) is 10.4. The van der Waals surface area contributed by atoms with Gasteiger partial charge in [0.15, 0.2) is 11.0 Å². The average molecular weight is 375 g/mol. The van der Waals surface area contributed by atoms with Crippen molar-refractivity contribution >= 4 is 17.7 Å². The third-order valence-electron chi connectivity index (χ3n) is 3.63. The molecule has 0 atom stereocenters. The lowest BCUT2D eigenvalue weighted by Crippen LogP contribution is -2.27. The zero-order valence-electron chi connectivity index (χ0n) is 15.4. The van der Waals surface area contributed by atoms with E-state index in [1.807, 2.05) is 36.6 Å². The second kappa shape index (κ2) is 10.8. The molecule has 140 valence electrons. The van der Waals surface area contributed by atoms with Crippen molar-refractivity contribution in [1.29, 1.82) is 0 Å². The summed E-state index contributed by atoms with van der Waals surface area (Å²) in [4.78, 5) is 12.0. The molecule has 2 rings (SSSR count). The number of thioether (sulfide) groups is 1. The Hall–Kier alpha value is -2.12. The number of nitrogens with zero attached hydrogens (tertiary/aromatic N) is 3. The second-order valence-corrected chi connectivity index (χ2v) is 6.71. The molecule has 0 fully saturated rings. The van der Waals surface area contributed by atoms with Crippen molar-refractivity contribution in [2.24, 2.45) is 0 Å². The van der Waals surface area contributed by atoms with Gasteiger partial charge in [0.1, 0.15) is 0 Å². The molecule has 2 aromatic rings. The van der Waals surface area contributed by atoms with Crippen LogP contribution in [0.15, 0.2) is 42.1 Å². The van der Waals surface area contributed by atoms with E-state index in [-0.39, 0.29) is 5.91 Å². The van der Waals surface area contributed by atoms with Crippen LogP contribution >= 0.6 is 11.8 Å². The van der Waals surface area contributed by atoms with Crippen LogP contribution < -0.4 is 5.32 Å². The van der Waals surface area contributed by atoms with Crippen molar-refractivity contribution < 1.29 is 9.53 Å². The highest BCUT2D eigenvalue weighted by Crippen LogP contribution is 2.24. The number of aryl methyl sites for hydroxylation is 1. The summed E-state index contributed by atoms with van der Waals surface area (Å²) in [5.74, 6) is 1.07. The minimum Gasteiger partial charge on any atom is -0.382 e. The number of carbonyl (C=O) groups is 1. The molecular formula is C19H26N4O2S. The van der Waals surface area contributed by atoms with Crippen molar-refractivity contribution in [3.8, 4) is 11.4 Å². The van der Waals surface area contributed by atoms with Crippen molar-refractivity contribution in [3.63, 3.8) is 0 Å². The van der Waals surface area contributed by atoms with Crippen LogP contribution in [0.4, 0.5) is 0 Å². The van der Waals surface area contributed by atoms with Crippen LogP contribution in [0.2, 0.25) is 0 Å². The zero-order valence-corrected chi connectivity index (χ0v) is 16.2. The van der Waals surface area contributed by atoms with Crippen LogP contribution in [0.5, 0.6) is 0 Å². The highest BCUT2D eigenvalue weighted by atomic mass is 32.2. The predicted molar refractivity (Wildman–Crippen MR) is 105 cm³/mol. The maximum absolute atomic E-state index is 12.0. The van der Waals surface area contributed by atoms with Crippen LogP contribution in [-0.2, 0) is 16.1 Å². The molecule has 1 aromatic heterocycles. The number of ether oxygens (including phenoxy) is 1. The normalized spacial score (nSPS) is 10.7. The summed E-state index contributed by atoms with van der Waals surface area (Å²) in [5, 5.41) is 12.2. The van der Waals surface area contributed by atoms with Crippen molar-refractivity contribution in [3.05, 3.63) is 42.5 Å². The van der Waals surface area contributed by atoms with Gasteiger partial charge in [0.05, 0.1) is 5.75 Å². The summed E-state index contributed by atoms with van der Waals surface area (Å²) < 4.78 is 7.23. The van der Waals surface area contributed by atoms with Crippen LogP contribution in [-0.4, -0.2) is 46.2 Å². The second-order valence-electron chi connectivity index (χ2n) is 5.76. The van der Waals surface area contributed by atoms with Gasteiger partial charge in [-0.2, -0.15) is 0 Å². The molecule has 1 N–H and O–H groups in total. The summed E-state index contributed by atoms with van der Waals surface area (Å²) >= 11 is 1.38. The number of allylic oxidation sites excluding steroid dienone is 1. The van der Waals surface area contributed by atoms with Gasteiger partial charge in [0.2, 0.25) is 5.91 Å².